The van der Waals surface area contributed by atoms with Crippen LogP contribution < -0.4 is 10.2 Å². The van der Waals surface area contributed by atoms with Gasteiger partial charge in [0.15, 0.2) is 0 Å². The topological polar surface area (TPSA) is 41.1 Å². The summed E-state index contributed by atoms with van der Waals surface area (Å²) in [5, 5.41) is 3.46. The molecule has 1 aliphatic rings. The van der Waals surface area contributed by atoms with E-state index in [-0.39, 0.29) is 0 Å². The normalized spacial score (nSPS) is 14.6. The molecule has 1 aromatic rings. The van der Waals surface area contributed by atoms with Gasteiger partial charge < -0.3 is 10.2 Å². The predicted octanol–water partition coefficient (Wildman–Crippen LogP) is 2.99. The minimum atomic E-state index is 0.637. The highest BCUT2D eigenvalue weighted by Gasteiger charge is 2.22. The van der Waals surface area contributed by atoms with E-state index in [0.717, 1.165) is 43.4 Å². The third kappa shape index (κ3) is 3.59. The van der Waals surface area contributed by atoms with Gasteiger partial charge in [0.25, 0.3) is 0 Å². The van der Waals surface area contributed by atoms with Crippen molar-refractivity contribution in [1.82, 2.24) is 9.97 Å². The molecule has 1 saturated carbocycles. The minimum Gasteiger partial charge on any atom is -0.367 e. The molecule has 0 bridgehead atoms. The van der Waals surface area contributed by atoms with Crippen LogP contribution in [-0.2, 0) is 0 Å². The SMILES string of the molecule is CCCN(CCC)c1nc(C)cc(NC2CC2)n1. The van der Waals surface area contributed by atoms with E-state index in [4.69, 9.17) is 0 Å². The number of nitrogens with zero attached hydrogens (tertiary/aromatic N) is 3. The van der Waals surface area contributed by atoms with Crippen molar-refractivity contribution in [2.24, 2.45) is 0 Å². The van der Waals surface area contributed by atoms with Crippen LogP contribution in [0.25, 0.3) is 0 Å². The fourth-order valence-electron chi connectivity index (χ4n) is 2.06. The molecular weight excluding hydrogens is 224 g/mol. The third-order valence-electron chi connectivity index (χ3n) is 3.04. The lowest BCUT2D eigenvalue weighted by Crippen LogP contribution is -2.27. The fourth-order valence-corrected chi connectivity index (χ4v) is 2.06. The highest BCUT2D eigenvalue weighted by molar-refractivity contribution is 5.45. The Balaban J connectivity index is 2.15. The molecule has 1 fully saturated rings. The lowest BCUT2D eigenvalue weighted by atomic mass is 10.3. The molecule has 0 aromatic carbocycles. The lowest BCUT2D eigenvalue weighted by Gasteiger charge is -2.22. The molecule has 1 heterocycles. The van der Waals surface area contributed by atoms with Crippen molar-refractivity contribution in [2.75, 3.05) is 23.3 Å². The molecule has 1 aromatic heterocycles. The first kappa shape index (κ1) is 13.1. The average molecular weight is 248 g/mol. The van der Waals surface area contributed by atoms with Gasteiger partial charge in [0.1, 0.15) is 5.82 Å². The summed E-state index contributed by atoms with van der Waals surface area (Å²) in [5.41, 5.74) is 1.04. The number of hydrogen-bond acceptors (Lipinski definition) is 4. The summed E-state index contributed by atoms with van der Waals surface area (Å²) >= 11 is 0. The molecule has 0 unspecified atom stereocenters. The quantitative estimate of drug-likeness (QED) is 0.805. The summed E-state index contributed by atoms with van der Waals surface area (Å²) < 4.78 is 0. The molecule has 18 heavy (non-hydrogen) atoms. The highest BCUT2D eigenvalue weighted by Crippen LogP contribution is 2.24. The van der Waals surface area contributed by atoms with E-state index in [0.29, 0.717) is 6.04 Å². The van der Waals surface area contributed by atoms with Crippen LogP contribution in [-0.4, -0.2) is 29.1 Å². The standard InChI is InChI=1S/C14H24N4/c1-4-8-18(9-5-2)14-15-11(3)10-13(17-14)16-12-6-7-12/h10,12H,4-9H2,1-3H3,(H,15,16,17). The van der Waals surface area contributed by atoms with Crippen molar-refractivity contribution >= 4 is 11.8 Å². The van der Waals surface area contributed by atoms with Crippen LogP contribution in [0.5, 0.6) is 0 Å². The molecule has 4 heteroatoms. The Labute approximate surface area is 110 Å². The van der Waals surface area contributed by atoms with Crippen LogP contribution in [0.4, 0.5) is 11.8 Å². The molecule has 0 spiro atoms. The molecule has 0 saturated heterocycles. The molecule has 4 nitrogen and oxygen atoms in total. The molecule has 1 N–H and O–H groups in total. The first-order valence-electron chi connectivity index (χ1n) is 7.10. The van der Waals surface area contributed by atoms with Gasteiger partial charge in [-0.05, 0) is 32.6 Å². The molecule has 0 amide bonds. The maximum absolute atomic E-state index is 4.66. The van der Waals surface area contributed by atoms with Crippen LogP contribution in [0.2, 0.25) is 0 Å². The fraction of sp³-hybridized carbons (Fsp3) is 0.714. The van der Waals surface area contributed by atoms with Gasteiger partial charge >= 0.3 is 0 Å². The molecular formula is C14H24N4. The second-order valence-corrected chi connectivity index (χ2v) is 5.10. The number of aromatic nitrogens is 2. The Kier molecular flexibility index (Phi) is 4.39. The van der Waals surface area contributed by atoms with Crippen LogP contribution in [0.1, 0.15) is 45.2 Å². The molecule has 1 aliphatic carbocycles. The number of hydrogen-bond donors (Lipinski definition) is 1. The van der Waals surface area contributed by atoms with Gasteiger partial charge in [-0.15, -0.1) is 0 Å². The van der Waals surface area contributed by atoms with Gasteiger partial charge in [-0.2, -0.15) is 4.98 Å². The Morgan fingerprint density at radius 1 is 1.22 bits per heavy atom. The van der Waals surface area contributed by atoms with E-state index in [2.05, 4.69) is 34.0 Å². The van der Waals surface area contributed by atoms with Crippen molar-refractivity contribution in [3.8, 4) is 0 Å². The smallest absolute Gasteiger partial charge is 0.227 e. The molecule has 100 valence electrons. The van der Waals surface area contributed by atoms with Crippen molar-refractivity contribution < 1.29 is 0 Å². The number of aryl methyl sites for hydroxylation is 1. The van der Waals surface area contributed by atoms with Crippen LogP contribution >= 0.6 is 0 Å². The van der Waals surface area contributed by atoms with Crippen LogP contribution in [0.15, 0.2) is 6.07 Å². The maximum atomic E-state index is 4.66. The Morgan fingerprint density at radius 3 is 2.44 bits per heavy atom. The second kappa shape index (κ2) is 6.03. The second-order valence-electron chi connectivity index (χ2n) is 5.10. The zero-order valence-corrected chi connectivity index (χ0v) is 11.7. The summed E-state index contributed by atoms with van der Waals surface area (Å²) in [5.74, 6) is 1.86. The first-order chi connectivity index (χ1) is 8.72. The largest absolute Gasteiger partial charge is 0.367 e. The van der Waals surface area contributed by atoms with Gasteiger partial charge in [-0.25, -0.2) is 4.98 Å². The number of nitrogens with one attached hydrogen (secondary N) is 1. The summed E-state index contributed by atoms with van der Waals surface area (Å²) in [6, 6.07) is 2.68. The summed E-state index contributed by atoms with van der Waals surface area (Å²) in [7, 11) is 0. The van der Waals surface area contributed by atoms with Crippen molar-refractivity contribution in [3.05, 3.63) is 11.8 Å². The van der Waals surface area contributed by atoms with E-state index in [1.807, 2.05) is 13.0 Å². The van der Waals surface area contributed by atoms with Gasteiger partial charge in [0.2, 0.25) is 5.95 Å². The summed E-state index contributed by atoms with van der Waals surface area (Å²) in [6.45, 7) is 8.49. The zero-order valence-electron chi connectivity index (χ0n) is 11.7. The van der Waals surface area contributed by atoms with Crippen LogP contribution in [0, 0.1) is 6.92 Å². The lowest BCUT2D eigenvalue weighted by molar-refractivity contribution is 0.719. The molecule has 2 rings (SSSR count). The average Bonchev–Trinajstić information content (AvgIpc) is 3.12. The Hall–Kier alpha value is -1.32. The number of rotatable bonds is 7. The molecule has 0 atom stereocenters. The Bertz CT molecular complexity index is 381. The predicted molar refractivity (Wildman–Crippen MR) is 76.2 cm³/mol. The van der Waals surface area contributed by atoms with E-state index in [1.54, 1.807) is 0 Å². The van der Waals surface area contributed by atoms with Gasteiger partial charge in [-0.3, -0.25) is 0 Å². The van der Waals surface area contributed by atoms with Crippen molar-refractivity contribution in [3.63, 3.8) is 0 Å². The monoisotopic (exact) mass is 248 g/mol. The van der Waals surface area contributed by atoms with Gasteiger partial charge in [0, 0.05) is 30.9 Å². The van der Waals surface area contributed by atoms with Crippen molar-refractivity contribution in [2.45, 2.75) is 52.5 Å². The first-order valence-corrected chi connectivity index (χ1v) is 7.10. The molecule has 0 radical (unpaired) electrons. The maximum Gasteiger partial charge on any atom is 0.227 e. The van der Waals surface area contributed by atoms with E-state index in [9.17, 15) is 0 Å². The van der Waals surface area contributed by atoms with E-state index >= 15 is 0 Å². The highest BCUT2D eigenvalue weighted by atomic mass is 15.3. The van der Waals surface area contributed by atoms with E-state index < -0.39 is 0 Å². The summed E-state index contributed by atoms with van der Waals surface area (Å²) in [6.07, 6.45) is 4.80. The summed E-state index contributed by atoms with van der Waals surface area (Å²) in [4.78, 5) is 11.5. The zero-order chi connectivity index (χ0) is 13.0. The number of anilines is 2. The Morgan fingerprint density at radius 2 is 1.89 bits per heavy atom. The van der Waals surface area contributed by atoms with E-state index in [1.165, 1.54) is 12.8 Å². The van der Waals surface area contributed by atoms with Crippen LogP contribution in [0.3, 0.4) is 0 Å². The molecule has 0 aliphatic heterocycles. The minimum absolute atomic E-state index is 0.637. The van der Waals surface area contributed by atoms with Crippen molar-refractivity contribution in [1.29, 1.82) is 0 Å². The van der Waals surface area contributed by atoms with Gasteiger partial charge in [0.05, 0.1) is 0 Å². The van der Waals surface area contributed by atoms with Gasteiger partial charge in [-0.1, -0.05) is 13.8 Å². The third-order valence-corrected chi connectivity index (χ3v) is 3.04.